The van der Waals surface area contributed by atoms with E-state index < -0.39 is 50.5 Å². The lowest BCUT2D eigenvalue weighted by molar-refractivity contribution is -0.138. The molecule has 1 atom stereocenters. The van der Waals surface area contributed by atoms with Gasteiger partial charge < -0.3 is 15.2 Å². The molecule has 0 heterocycles. The summed E-state index contributed by atoms with van der Waals surface area (Å²) in [4.78, 5) is 34.9. The van der Waals surface area contributed by atoms with Crippen LogP contribution in [0.4, 0.5) is 4.79 Å². The van der Waals surface area contributed by atoms with E-state index in [-0.39, 0.29) is 4.91 Å². The molecule has 1 amide bonds. The average molecular weight is 377 g/mol. The molecule has 0 aliphatic rings. The van der Waals surface area contributed by atoms with Gasteiger partial charge in [-0.2, -0.15) is 0 Å². The number of hydrogen-bond donors (Lipinski definition) is 2. The van der Waals surface area contributed by atoms with Gasteiger partial charge in [0.2, 0.25) is 9.84 Å². The molecule has 0 fully saturated rings. The third-order valence-corrected chi connectivity index (χ3v) is 4.46. The van der Waals surface area contributed by atoms with Crippen molar-refractivity contribution in [1.82, 2.24) is 5.32 Å². The summed E-state index contributed by atoms with van der Waals surface area (Å²) in [6.07, 6.45) is -0.550. The molecule has 25 heavy (non-hydrogen) atoms. The normalized spacial score (nSPS) is 14.6. The summed E-state index contributed by atoms with van der Waals surface area (Å²) in [5.74, 6) is -1.43. The van der Waals surface area contributed by atoms with E-state index >= 15 is 0 Å². The number of alkyl carbamates (subject to hydrolysis) is 1. The topological polar surface area (TPSA) is 127 Å². The molecular weight excluding hydrogens is 350 g/mol. The second kappa shape index (κ2) is 7.99. The van der Waals surface area contributed by atoms with Crippen LogP contribution in [0.5, 0.6) is 0 Å². The average Bonchev–Trinajstić information content (AvgIpc) is 2.31. The van der Waals surface area contributed by atoms with Crippen LogP contribution in [0.1, 0.15) is 54.9 Å². The molecule has 0 aliphatic carbocycles. The van der Waals surface area contributed by atoms with Gasteiger partial charge in [0.1, 0.15) is 11.6 Å². The van der Waals surface area contributed by atoms with E-state index in [1.807, 2.05) is 5.32 Å². The highest BCUT2D eigenvalue weighted by atomic mass is 32.2. The third kappa shape index (κ3) is 8.67. The fourth-order valence-electron chi connectivity index (χ4n) is 1.85. The number of hydrogen-bond acceptors (Lipinski definition) is 6. The molecule has 0 radical (unpaired) electrons. The molecule has 144 valence electrons. The van der Waals surface area contributed by atoms with E-state index in [1.165, 1.54) is 13.0 Å². The van der Waals surface area contributed by atoms with E-state index in [4.69, 9.17) is 9.84 Å². The van der Waals surface area contributed by atoms with E-state index in [0.29, 0.717) is 0 Å². The Morgan fingerprint density at radius 2 is 1.60 bits per heavy atom. The molecule has 0 bridgehead atoms. The molecular formula is C16H27NO7S. The summed E-state index contributed by atoms with van der Waals surface area (Å²) in [7, 11) is -4.42. The second-order valence-electron chi connectivity index (χ2n) is 7.74. The fourth-order valence-corrected chi connectivity index (χ4v) is 3.19. The van der Waals surface area contributed by atoms with Gasteiger partial charge >= 0.3 is 12.1 Å². The van der Waals surface area contributed by atoms with Crippen molar-refractivity contribution >= 4 is 27.0 Å². The second-order valence-corrected chi connectivity index (χ2v) is 9.79. The zero-order chi connectivity index (χ0) is 20.2. The summed E-state index contributed by atoms with van der Waals surface area (Å²) in [5, 5.41) is 9.56. The van der Waals surface area contributed by atoms with Crippen molar-refractivity contribution in [3.05, 3.63) is 11.0 Å². The minimum atomic E-state index is -4.42. The Hall–Kier alpha value is -1.90. The van der Waals surface area contributed by atoms with Crippen molar-refractivity contribution in [2.24, 2.45) is 5.41 Å². The number of nitrogens with one attached hydrogen (secondary N) is 1. The number of amides is 1. The first-order valence-corrected chi connectivity index (χ1v) is 9.14. The Labute approximate surface area is 148 Å². The lowest BCUT2D eigenvalue weighted by atomic mass is 9.96. The van der Waals surface area contributed by atoms with Crippen molar-refractivity contribution in [2.75, 3.05) is 0 Å². The molecule has 0 aromatic rings. The van der Waals surface area contributed by atoms with Crippen LogP contribution in [0.15, 0.2) is 11.0 Å². The molecule has 0 aromatic carbocycles. The smallest absolute Gasteiger partial charge is 0.408 e. The highest BCUT2D eigenvalue weighted by molar-refractivity contribution is 8.09. The Kier molecular flexibility index (Phi) is 7.38. The van der Waals surface area contributed by atoms with Gasteiger partial charge in [-0.05, 0) is 33.1 Å². The molecule has 0 saturated heterocycles. The number of carboxylic acid groups (broad SMARTS) is 1. The van der Waals surface area contributed by atoms with Gasteiger partial charge in [-0.15, -0.1) is 0 Å². The summed E-state index contributed by atoms with van der Waals surface area (Å²) in [6, 6.07) is -1.75. The molecule has 2 N–H and O–H groups in total. The lowest BCUT2D eigenvalue weighted by Gasteiger charge is -2.22. The quantitative estimate of drug-likeness (QED) is 0.752. The highest BCUT2D eigenvalue weighted by Crippen LogP contribution is 2.22. The van der Waals surface area contributed by atoms with Gasteiger partial charge in [0.25, 0.3) is 5.12 Å². The minimum absolute atomic E-state index is 0.202. The van der Waals surface area contributed by atoms with Crippen molar-refractivity contribution in [3.8, 4) is 0 Å². The molecule has 8 nitrogen and oxygen atoms in total. The Bertz CT molecular complexity index is 664. The van der Waals surface area contributed by atoms with Crippen LogP contribution >= 0.6 is 0 Å². The molecule has 0 rings (SSSR count). The first-order chi connectivity index (χ1) is 11.0. The van der Waals surface area contributed by atoms with Crippen molar-refractivity contribution in [1.29, 1.82) is 0 Å². The van der Waals surface area contributed by atoms with Gasteiger partial charge in [0.05, 0.1) is 6.42 Å². The highest BCUT2D eigenvalue weighted by Gasteiger charge is 2.36. The molecule has 0 aromatic heterocycles. The van der Waals surface area contributed by atoms with E-state index in [1.54, 1.807) is 41.5 Å². The lowest BCUT2D eigenvalue weighted by Crippen LogP contribution is -2.47. The first kappa shape index (κ1) is 23.1. The van der Waals surface area contributed by atoms with Crippen LogP contribution in [0.25, 0.3) is 0 Å². The van der Waals surface area contributed by atoms with E-state index in [9.17, 15) is 22.8 Å². The maximum absolute atomic E-state index is 12.4. The van der Waals surface area contributed by atoms with Crippen LogP contribution < -0.4 is 5.32 Å². The number of ether oxygens (including phenoxy) is 1. The van der Waals surface area contributed by atoms with Crippen LogP contribution in [-0.2, 0) is 24.2 Å². The van der Waals surface area contributed by atoms with Gasteiger partial charge in [0, 0.05) is 4.91 Å². The number of aliphatic carboxylic acids is 1. The number of allylic oxidation sites excluding steroid dienone is 2. The maximum atomic E-state index is 12.4. The summed E-state index contributed by atoms with van der Waals surface area (Å²) < 4.78 is 29.7. The fraction of sp³-hybridized carbons (Fsp3) is 0.688. The minimum Gasteiger partial charge on any atom is -0.481 e. The van der Waals surface area contributed by atoms with Gasteiger partial charge in [0.15, 0.2) is 0 Å². The summed E-state index contributed by atoms with van der Waals surface area (Å²) in [6.45, 7) is 11.2. The Morgan fingerprint density at radius 3 is 1.96 bits per heavy atom. The molecule has 0 aliphatic heterocycles. The molecule has 9 heteroatoms. The van der Waals surface area contributed by atoms with Crippen LogP contribution in [0, 0.1) is 5.41 Å². The van der Waals surface area contributed by atoms with Gasteiger partial charge in [-0.3, -0.25) is 9.59 Å². The van der Waals surface area contributed by atoms with Gasteiger partial charge in [-0.1, -0.05) is 26.8 Å². The Balaban J connectivity index is 5.60. The maximum Gasteiger partial charge on any atom is 0.408 e. The van der Waals surface area contributed by atoms with E-state index in [2.05, 4.69) is 0 Å². The van der Waals surface area contributed by atoms with Crippen molar-refractivity contribution in [2.45, 2.75) is 66.5 Å². The number of rotatable bonds is 5. The van der Waals surface area contributed by atoms with Crippen LogP contribution in [0.2, 0.25) is 0 Å². The van der Waals surface area contributed by atoms with Crippen LogP contribution in [-0.4, -0.2) is 42.3 Å². The SMILES string of the molecule is CC(=CC(C)(C)C)S(=O)(=O)C(=O)[C@H](CC(=O)O)NC(=O)OC(C)(C)C. The monoisotopic (exact) mass is 377 g/mol. The number of carbonyl (C=O) groups is 3. The molecule has 0 unspecified atom stereocenters. The predicted molar refractivity (Wildman–Crippen MR) is 92.5 cm³/mol. The summed E-state index contributed by atoms with van der Waals surface area (Å²) >= 11 is 0. The predicted octanol–water partition coefficient (Wildman–Crippen LogP) is 2.25. The van der Waals surface area contributed by atoms with Crippen LogP contribution in [0.3, 0.4) is 0 Å². The molecule has 0 spiro atoms. The molecule has 0 saturated carbocycles. The summed E-state index contributed by atoms with van der Waals surface area (Å²) in [5.41, 5.74) is -1.39. The van der Waals surface area contributed by atoms with Crippen molar-refractivity contribution < 1.29 is 32.6 Å². The Morgan fingerprint density at radius 1 is 1.12 bits per heavy atom. The number of carboxylic acids is 1. The zero-order valence-corrected chi connectivity index (χ0v) is 16.5. The third-order valence-electron chi connectivity index (χ3n) is 2.68. The first-order valence-electron chi connectivity index (χ1n) is 7.65. The zero-order valence-electron chi connectivity index (χ0n) is 15.7. The largest absolute Gasteiger partial charge is 0.481 e. The number of carbonyl (C=O) groups excluding carboxylic acids is 2. The van der Waals surface area contributed by atoms with Crippen molar-refractivity contribution in [3.63, 3.8) is 0 Å². The standard InChI is InChI=1S/C16H27NO7S/c1-10(9-15(2,3)4)25(22,23)13(20)11(8-12(18)19)17-14(21)24-16(5,6)7/h9,11H,8H2,1-7H3,(H,17,21)(H,18,19)/t11-/m0/s1. The number of sulfone groups is 1. The van der Waals surface area contributed by atoms with E-state index in [0.717, 1.165) is 0 Å². The van der Waals surface area contributed by atoms with Gasteiger partial charge in [-0.25, -0.2) is 13.2 Å².